The summed E-state index contributed by atoms with van der Waals surface area (Å²) in [5.41, 5.74) is 5.22. The Morgan fingerprint density at radius 3 is 2.67 bits per heavy atom. The molecule has 1 aromatic rings. The first kappa shape index (κ1) is 12.1. The quantitative estimate of drug-likeness (QED) is 0.845. The summed E-state index contributed by atoms with van der Waals surface area (Å²) < 4.78 is 26.7. The van der Waals surface area contributed by atoms with E-state index in [2.05, 4.69) is 15.9 Å². The molecule has 5 heteroatoms. The number of benzene rings is 1. The van der Waals surface area contributed by atoms with Gasteiger partial charge in [0, 0.05) is 5.56 Å². The zero-order valence-electron chi connectivity index (χ0n) is 8.06. The van der Waals surface area contributed by atoms with E-state index in [4.69, 9.17) is 5.73 Å². The van der Waals surface area contributed by atoms with E-state index in [1.54, 1.807) is 0 Å². The van der Waals surface area contributed by atoms with E-state index >= 15 is 0 Å². The van der Waals surface area contributed by atoms with Gasteiger partial charge in [0.15, 0.2) is 0 Å². The number of alkyl halides is 1. The van der Waals surface area contributed by atoms with Crippen LogP contribution in [0.5, 0.6) is 0 Å². The lowest BCUT2D eigenvalue weighted by atomic mass is 10.0. The molecule has 0 aliphatic heterocycles. The van der Waals surface area contributed by atoms with Crippen molar-refractivity contribution in [2.75, 3.05) is 0 Å². The summed E-state index contributed by atoms with van der Waals surface area (Å²) in [7, 11) is 0. The fourth-order valence-electron chi connectivity index (χ4n) is 1.18. The van der Waals surface area contributed by atoms with Crippen LogP contribution in [-0.4, -0.2) is 10.7 Å². The van der Waals surface area contributed by atoms with Crippen molar-refractivity contribution in [1.82, 2.24) is 0 Å². The van der Waals surface area contributed by atoms with Crippen LogP contribution in [0.4, 0.5) is 8.78 Å². The largest absolute Gasteiger partial charge is 0.369 e. The van der Waals surface area contributed by atoms with Gasteiger partial charge in [-0.2, -0.15) is 0 Å². The summed E-state index contributed by atoms with van der Waals surface area (Å²) >= 11 is 2.96. The number of amides is 1. The maximum absolute atomic E-state index is 13.5. The van der Waals surface area contributed by atoms with Gasteiger partial charge in [-0.05, 0) is 25.0 Å². The first-order valence-electron chi connectivity index (χ1n) is 4.30. The highest BCUT2D eigenvalue weighted by molar-refractivity contribution is 9.10. The molecule has 0 aliphatic rings. The van der Waals surface area contributed by atoms with Gasteiger partial charge >= 0.3 is 0 Å². The summed E-state index contributed by atoms with van der Waals surface area (Å²) in [6, 6.07) is 2.52. The van der Waals surface area contributed by atoms with Crippen molar-refractivity contribution in [1.29, 1.82) is 0 Å². The normalized spacial score (nSPS) is 12.5. The number of hydrogen-bond acceptors (Lipinski definition) is 1. The molecular weight excluding hydrogens is 268 g/mol. The highest BCUT2D eigenvalue weighted by Crippen LogP contribution is 2.20. The van der Waals surface area contributed by atoms with Gasteiger partial charge in [-0.3, -0.25) is 4.79 Å². The number of carbonyl (C=O) groups is 1. The summed E-state index contributed by atoms with van der Waals surface area (Å²) in [5, 5.41) is 0. The van der Waals surface area contributed by atoms with E-state index in [1.165, 1.54) is 19.1 Å². The minimum atomic E-state index is -0.761. The van der Waals surface area contributed by atoms with E-state index in [9.17, 15) is 13.6 Å². The van der Waals surface area contributed by atoms with Crippen LogP contribution in [0.3, 0.4) is 0 Å². The lowest BCUT2D eigenvalue weighted by Crippen LogP contribution is -2.25. The topological polar surface area (TPSA) is 43.1 Å². The molecule has 15 heavy (non-hydrogen) atoms. The number of aryl methyl sites for hydroxylation is 1. The Morgan fingerprint density at radius 1 is 1.53 bits per heavy atom. The third kappa shape index (κ3) is 2.75. The Kier molecular flexibility index (Phi) is 3.79. The number of nitrogens with two attached hydrogens (primary N) is 1. The second-order valence-electron chi connectivity index (χ2n) is 3.23. The average molecular weight is 278 g/mol. The van der Waals surface area contributed by atoms with Crippen molar-refractivity contribution in [2.24, 2.45) is 5.73 Å². The van der Waals surface area contributed by atoms with Crippen LogP contribution < -0.4 is 5.73 Å². The molecule has 0 aromatic heterocycles. The smallest absolute Gasteiger partial charge is 0.231 e. The van der Waals surface area contributed by atoms with Crippen LogP contribution >= 0.6 is 15.9 Å². The molecule has 1 rings (SSSR count). The molecule has 0 saturated heterocycles. The van der Waals surface area contributed by atoms with Crippen molar-refractivity contribution >= 4 is 21.8 Å². The Balaban J connectivity index is 3.03. The molecule has 1 amide bonds. The molecular formula is C10H10BrF2NO. The molecule has 0 bridgehead atoms. The van der Waals surface area contributed by atoms with Crippen LogP contribution in [0.15, 0.2) is 12.1 Å². The third-order valence-electron chi connectivity index (χ3n) is 2.07. The van der Waals surface area contributed by atoms with Crippen LogP contribution in [0.2, 0.25) is 0 Å². The van der Waals surface area contributed by atoms with Crippen LogP contribution in [0.1, 0.15) is 11.1 Å². The van der Waals surface area contributed by atoms with Gasteiger partial charge in [0.1, 0.15) is 11.6 Å². The fraction of sp³-hybridized carbons (Fsp3) is 0.300. The van der Waals surface area contributed by atoms with E-state index in [0.29, 0.717) is 5.56 Å². The number of halogens is 3. The van der Waals surface area contributed by atoms with Crippen LogP contribution in [0.25, 0.3) is 0 Å². The Hall–Kier alpha value is -0.970. The van der Waals surface area contributed by atoms with Crippen molar-refractivity contribution in [2.45, 2.75) is 18.2 Å². The second kappa shape index (κ2) is 4.70. The van der Waals surface area contributed by atoms with E-state index in [-0.39, 0.29) is 12.0 Å². The summed E-state index contributed by atoms with van der Waals surface area (Å²) in [4.78, 5) is 9.98. The average Bonchev–Trinajstić information content (AvgIpc) is 2.18. The summed E-state index contributed by atoms with van der Waals surface area (Å²) in [6.07, 6.45) is -0.0886. The number of rotatable bonds is 3. The predicted molar refractivity (Wildman–Crippen MR) is 56.7 cm³/mol. The van der Waals surface area contributed by atoms with Crippen molar-refractivity contribution in [3.8, 4) is 0 Å². The van der Waals surface area contributed by atoms with Gasteiger partial charge in [0.2, 0.25) is 5.91 Å². The minimum absolute atomic E-state index is 0.0886. The lowest BCUT2D eigenvalue weighted by Gasteiger charge is -2.09. The van der Waals surface area contributed by atoms with Crippen LogP contribution in [-0.2, 0) is 11.2 Å². The Morgan fingerprint density at radius 2 is 2.13 bits per heavy atom. The SMILES string of the molecule is Cc1ccc(F)c(CC(Br)C(N)=O)c1F. The van der Waals surface area contributed by atoms with Crippen molar-refractivity contribution in [3.63, 3.8) is 0 Å². The van der Waals surface area contributed by atoms with Gasteiger partial charge in [-0.25, -0.2) is 8.78 Å². The maximum atomic E-state index is 13.5. The highest BCUT2D eigenvalue weighted by atomic mass is 79.9. The van der Waals surface area contributed by atoms with E-state index in [1.807, 2.05) is 0 Å². The zero-order valence-corrected chi connectivity index (χ0v) is 9.64. The first-order chi connectivity index (χ1) is 6.93. The third-order valence-corrected chi connectivity index (χ3v) is 2.85. The fourth-order valence-corrected chi connectivity index (χ4v) is 1.51. The van der Waals surface area contributed by atoms with Gasteiger partial charge in [0.05, 0.1) is 4.83 Å². The minimum Gasteiger partial charge on any atom is -0.369 e. The zero-order chi connectivity index (χ0) is 11.6. The van der Waals surface area contributed by atoms with Gasteiger partial charge in [-0.1, -0.05) is 22.0 Å². The molecule has 82 valence electrons. The predicted octanol–water partition coefficient (Wildman–Crippen LogP) is 2.06. The first-order valence-corrected chi connectivity index (χ1v) is 5.22. The Labute approximate surface area is 94.6 Å². The maximum Gasteiger partial charge on any atom is 0.231 e. The molecule has 0 radical (unpaired) electrons. The molecule has 1 aromatic carbocycles. The monoisotopic (exact) mass is 277 g/mol. The molecule has 0 fully saturated rings. The molecule has 1 unspecified atom stereocenters. The van der Waals surface area contributed by atoms with Gasteiger partial charge in [-0.15, -0.1) is 0 Å². The van der Waals surface area contributed by atoms with E-state index < -0.39 is 22.4 Å². The lowest BCUT2D eigenvalue weighted by molar-refractivity contribution is -0.117. The number of carbonyl (C=O) groups excluding carboxylic acids is 1. The molecule has 1 atom stereocenters. The standard InChI is InChI=1S/C10H10BrF2NO/c1-5-2-3-8(12)6(9(5)13)4-7(11)10(14)15/h2-3,7H,4H2,1H3,(H2,14,15). The molecule has 0 spiro atoms. The second-order valence-corrected chi connectivity index (χ2v) is 4.34. The van der Waals surface area contributed by atoms with E-state index in [0.717, 1.165) is 0 Å². The molecule has 2 nitrogen and oxygen atoms in total. The van der Waals surface area contributed by atoms with Crippen molar-refractivity contribution < 1.29 is 13.6 Å². The summed E-state index contributed by atoms with van der Waals surface area (Å²) in [6.45, 7) is 1.53. The molecule has 0 saturated carbocycles. The van der Waals surface area contributed by atoms with Crippen LogP contribution in [0, 0.1) is 18.6 Å². The number of hydrogen-bond donors (Lipinski definition) is 1. The van der Waals surface area contributed by atoms with Crippen molar-refractivity contribution in [3.05, 3.63) is 34.9 Å². The molecule has 0 aliphatic carbocycles. The Bertz CT molecular complexity index is 395. The van der Waals surface area contributed by atoms with Gasteiger partial charge < -0.3 is 5.73 Å². The molecule has 0 heterocycles. The summed E-state index contributed by atoms with van der Waals surface area (Å²) in [5.74, 6) is -1.93. The van der Waals surface area contributed by atoms with Gasteiger partial charge in [0.25, 0.3) is 0 Å². The molecule has 2 N–H and O–H groups in total. The number of primary amides is 1. The highest BCUT2D eigenvalue weighted by Gasteiger charge is 2.18.